The Balaban J connectivity index is 3.16. The molecular formula is C11H15Cl2NO3S. The van der Waals surface area contributed by atoms with Gasteiger partial charge in [0, 0.05) is 0 Å². The molecule has 0 saturated carbocycles. The molecule has 0 radical (unpaired) electrons. The van der Waals surface area contributed by atoms with Crippen molar-refractivity contribution in [2.45, 2.75) is 37.7 Å². The normalized spacial score (nSPS) is 11.9. The Kier molecular flexibility index (Phi) is 5.28. The molecule has 0 fully saturated rings. The standard InChI is InChI=1S/C11H15Cl2NO3S/c1-3-7(4-2)17-8-5-6-9(18(14,15)16)11(13)10(8)12/h5-7H,3-4H2,1-2H3,(H2,14,15,16). The highest BCUT2D eigenvalue weighted by atomic mass is 35.5. The lowest BCUT2D eigenvalue weighted by Crippen LogP contribution is -2.15. The van der Waals surface area contributed by atoms with Gasteiger partial charge in [0.1, 0.15) is 15.7 Å². The van der Waals surface area contributed by atoms with Gasteiger partial charge in [-0.05, 0) is 25.0 Å². The summed E-state index contributed by atoms with van der Waals surface area (Å²) < 4.78 is 28.1. The summed E-state index contributed by atoms with van der Waals surface area (Å²) in [4.78, 5) is -0.203. The second kappa shape index (κ2) is 6.10. The molecule has 0 aliphatic heterocycles. The molecule has 0 aliphatic carbocycles. The van der Waals surface area contributed by atoms with Crippen LogP contribution in [0, 0.1) is 0 Å². The average Bonchev–Trinajstić information content (AvgIpc) is 2.29. The van der Waals surface area contributed by atoms with Gasteiger partial charge in [0.05, 0.1) is 11.1 Å². The summed E-state index contributed by atoms with van der Waals surface area (Å²) in [6.07, 6.45) is 1.65. The van der Waals surface area contributed by atoms with Gasteiger partial charge < -0.3 is 4.74 Å². The van der Waals surface area contributed by atoms with Crippen molar-refractivity contribution >= 4 is 33.2 Å². The van der Waals surface area contributed by atoms with Gasteiger partial charge in [-0.3, -0.25) is 0 Å². The highest BCUT2D eigenvalue weighted by Crippen LogP contribution is 2.37. The first-order valence-corrected chi connectivity index (χ1v) is 7.78. The molecule has 0 atom stereocenters. The van der Waals surface area contributed by atoms with Crippen LogP contribution in [0.4, 0.5) is 0 Å². The minimum atomic E-state index is -3.88. The fraction of sp³-hybridized carbons (Fsp3) is 0.455. The van der Waals surface area contributed by atoms with Crippen molar-refractivity contribution in [2.24, 2.45) is 5.14 Å². The summed E-state index contributed by atoms with van der Waals surface area (Å²) in [5.41, 5.74) is 0. The van der Waals surface area contributed by atoms with Gasteiger partial charge in [0.25, 0.3) is 0 Å². The van der Waals surface area contributed by atoms with Gasteiger partial charge in [-0.2, -0.15) is 0 Å². The second-order valence-electron chi connectivity index (χ2n) is 3.79. The van der Waals surface area contributed by atoms with E-state index in [4.69, 9.17) is 33.1 Å². The first-order chi connectivity index (χ1) is 8.31. The summed E-state index contributed by atoms with van der Waals surface area (Å²) in [5, 5.41) is 4.97. The quantitative estimate of drug-likeness (QED) is 0.907. The maximum absolute atomic E-state index is 11.2. The molecule has 0 amide bonds. The average molecular weight is 312 g/mol. The van der Waals surface area contributed by atoms with E-state index in [1.807, 2.05) is 13.8 Å². The van der Waals surface area contributed by atoms with Crippen LogP contribution in [-0.4, -0.2) is 14.5 Å². The molecule has 0 saturated heterocycles. The summed E-state index contributed by atoms with van der Waals surface area (Å²) >= 11 is 11.9. The van der Waals surface area contributed by atoms with Crippen molar-refractivity contribution < 1.29 is 13.2 Å². The van der Waals surface area contributed by atoms with E-state index in [0.717, 1.165) is 12.8 Å². The second-order valence-corrected chi connectivity index (χ2v) is 6.08. The first kappa shape index (κ1) is 15.6. The van der Waals surface area contributed by atoms with E-state index < -0.39 is 10.0 Å². The van der Waals surface area contributed by atoms with Gasteiger partial charge in [-0.25, -0.2) is 13.6 Å². The summed E-state index contributed by atoms with van der Waals surface area (Å²) in [7, 11) is -3.88. The molecular weight excluding hydrogens is 297 g/mol. The topological polar surface area (TPSA) is 69.4 Å². The molecule has 0 aliphatic rings. The Morgan fingerprint density at radius 3 is 2.22 bits per heavy atom. The Labute approximate surface area is 117 Å². The number of primary sulfonamides is 1. The van der Waals surface area contributed by atoms with Crippen LogP contribution in [0.15, 0.2) is 17.0 Å². The van der Waals surface area contributed by atoms with E-state index in [-0.39, 0.29) is 21.0 Å². The number of benzene rings is 1. The molecule has 1 aromatic rings. The molecule has 18 heavy (non-hydrogen) atoms. The van der Waals surface area contributed by atoms with E-state index in [1.165, 1.54) is 12.1 Å². The molecule has 0 spiro atoms. The number of nitrogens with two attached hydrogens (primary N) is 1. The molecule has 1 rings (SSSR count). The lowest BCUT2D eigenvalue weighted by atomic mass is 10.2. The molecule has 0 unspecified atom stereocenters. The lowest BCUT2D eigenvalue weighted by Gasteiger charge is -2.17. The monoisotopic (exact) mass is 311 g/mol. The van der Waals surface area contributed by atoms with Gasteiger partial charge in [-0.15, -0.1) is 0 Å². The predicted molar refractivity (Wildman–Crippen MR) is 72.8 cm³/mol. The van der Waals surface area contributed by atoms with E-state index in [1.54, 1.807) is 0 Å². The van der Waals surface area contributed by atoms with Crippen molar-refractivity contribution in [2.75, 3.05) is 0 Å². The van der Waals surface area contributed by atoms with Crippen molar-refractivity contribution in [3.63, 3.8) is 0 Å². The van der Waals surface area contributed by atoms with Crippen LogP contribution >= 0.6 is 23.2 Å². The van der Waals surface area contributed by atoms with E-state index in [0.29, 0.717) is 5.75 Å². The van der Waals surface area contributed by atoms with Gasteiger partial charge in [0.15, 0.2) is 0 Å². The smallest absolute Gasteiger partial charge is 0.239 e. The minimum absolute atomic E-state index is 0.0129. The van der Waals surface area contributed by atoms with Crippen LogP contribution in [0.25, 0.3) is 0 Å². The third kappa shape index (κ3) is 3.51. The maximum Gasteiger partial charge on any atom is 0.239 e. The third-order valence-electron chi connectivity index (χ3n) is 2.52. The molecule has 0 heterocycles. The number of ether oxygens (including phenoxy) is 1. The zero-order chi connectivity index (χ0) is 13.9. The fourth-order valence-electron chi connectivity index (χ4n) is 1.46. The van der Waals surface area contributed by atoms with E-state index >= 15 is 0 Å². The Morgan fingerprint density at radius 1 is 1.22 bits per heavy atom. The minimum Gasteiger partial charge on any atom is -0.489 e. The number of hydrogen-bond acceptors (Lipinski definition) is 3. The maximum atomic E-state index is 11.2. The van der Waals surface area contributed by atoms with Crippen LogP contribution < -0.4 is 9.88 Å². The van der Waals surface area contributed by atoms with E-state index in [9.17, 15) is 8.42 Å². The summed E-state index contributed by atoms with van der Waals surface area (Å²) in [6, 6.07) is 2.76. The van der Waals surface area contributed by atoms with Crippen LogP contribution in [0.2, 0.25) is 10.0 Å². The molecule has 2 N–H and O–H groups in total. The molecule has 7 heteroatoms. The zero-order valence-corrected chi connectivity index (χ0v) is 12.4. The first-order valence-electron chi connectivity index (χ1n) is 5.48. The fourth-order valence-corrected chi connectivity index (χ4v) is 2.81. The third-order valence-corrected chi connectivity index (χ3v) is 4.45. The van der Waals surface area contributed by atoms with E-state index in [2.05, 4.69) is 0 Å². The molecule has 0 bridgehead atoms. The van der Waals surface area contributed by atoms with Crippen molar-refractivity contribution in [1.29, 1.82) is 0 Å². The molecule has 0 aromatic heterocycles. The predicted octanol–water partition coefficient (Wildman–Crippen LogP) is 3.21. The SMILES string of the molecule is CCC(CC)Oc1ccc(S(N)(=O)=O)c(Cl)c1Cl. The van der Waals surface area contributed by atoms with Crippen LogP contribution in [-0.2, 0) is 10.0 Å². The van der Waals surface area contributed by atoms with Crippen molar-refractivity contribution in [1.82, 2.24) is 0 Å². The lowest BCUT2D eigenvalue weighted by molar-refractivity contribution is 0.193. The van der Waals surface area contributed by atoms with Crippen LogP contribution in [0.1, 0.15) is 26.7 Å². The molecule has 1 aromatic carbocycles. The summed E-state index contributed by atoms with van der Waals surface area (Å²) in [6.45, 7) is 3.98. The van der Waals surface area contributed by atoms with Crippen molar-refractivity contribution in [3.05, 3.63) is 22.2 Å². The zero-order valence-electron chi connectivity index (χ0n) is 10.1. The highest BCUT2D eigenvalue weighted by molar-refractivity contribution is 7.89. The number of sulfonamides is 1. The summed E-state index contributed by atoms with van der Waals surface area (Å²) in [5.74, 6) is 0.364. The number of halogens is 2. The van der Waals surface area contributed by atoms with Crippen LogP contribution in [0.3, 0.4) is 0 Å². The Bertz CT molecular complexity index is 527. The van der Waals surface area contributed by atoms with Gasteiger partial charge in [0.2, 0.25) is 10.0 Å². The molecule has 4 nitrogen and oxygen atoms in total. The largest absolute Gasteiger partial charge is 0.489 e. The van der Waals surface area contributed by atoms with Crippen LogP contribution in [0.5, 0.6) is 5.75 Å². The Morgan fingerprint density at radius 2 is 1.78 bits per heavy atom. The molecule has 102 valence electrons. The van der Waals surface area contributed by atoms with Crippen molar-refractivity contribution in [3.8, 4) is 5.75 Å². The number of rotatable bonds is 5. The number of hydrogen-bond donors (Lipinski definition) is 1. The van der Waals surface area contributed by atoms with Gasteiger partial charge >= 0.3 is 0 Å². The Hall–Kier alpha value is -0.490. The highest BCUT2D eigenvalue weighted by Gasteiger charge is 2.19. The van der Waals surface area contributed by atoms with Gasteiger partial charge in [-0.1, -0.05) is 37.0 Å².